The summed E-state index contributed by atoms with van der Waals surface area (Å²) in [5, 5.41) is 12.4. The van der Waals surface area contributed by atoms with Gasteiger partial charge in [0.1, 0.15) is 5.82 Å². The van der Waals surface area contributed by atoms with Gasteiger partial charge in [-0.3, -0.25) is 4.79 Å². The summed E-state index contributed by atoms with van der Waals surface area (Å²) in [6.45, 7) is 1.14. The summed E-state index contributed by atoms with van der Waals surface area (Å²) in [5.41, 5.74) is 2.01. The molecule has 3 heterocycles. The Balaban J connectivity index is 1.25. The van der Waals surface area contributed by atoms with Gasteiger partial charge in [0.05, 0.1) is 18.7 Å². The first-order valence-electron chi connectivity index (χ1n) is 9.99. The van der Waals surface area contributed by atoms with E-state index in [-0.39, 0.29) is 24.2 Å². The van der Waals surface area contributed by atoms with Gasteiger partial charge >= 0.3 is 0 Å². The molecule has 2 aromatic heterocycles. The third-order valence-corrected chi connectivity index (χ3v) is 5.32. The van der Waals surface area contributed by atoms with Gasteiger partial charge in [-0.05, 0) is 24.1 Å². The number of carbonyl (C=O) groups excluding carboxylic acids is 1. The second kappa shape index (κ2) is 8.10. The van der Waals surface area contributed by atoms with Crippen LogP contribution < -0.4 is 0 Å². The van der Waals surface area contributed by atoms with Gasteiger partial charge in [0.15, 0.2) is 5.69 Å². The van der Waals surface area contributed by atoms with Gasteiger partial charge in [-0.1, -0.05) is 52.8 Å². The molecule has 1 aliphatic rings. The van der Waals surface area contributed by atoms with Crippen LogP contribution in [-0.2, 0) is 11.2 Å². The van der Waals surface area contributed by atoms with E-state index in [4.69, 9.17) is 4.52 Å². The maximum Gasteiger partial charge on any atom is 0.280 e. The Hall–Kier alpha value is -3.88. The third kappa shape index (κ3) is 4.07. The highest BCUT2D eigenvalue weighted by molar-refractivity contribution is 5.79. The Kier molecular flexibility index (Phi) is 4.99. The van der Waals surface area contributed by atoms with Crippen molar-refractivity contribution in [2.75, 3.05) is 13.1 Å². The van der Waals surface area contributed by atoms with Gasteiger partial charge < -0.3 is 9.42 Å². The SMILES string of the molecule is O=C(Cc1cccc(F)c1)N1CCC(n2cc(-c3nc(-c4ccccc4)no3)nn2)C1. The minimum Gasteiger partial charge on any atom is -0.340 e. The van der Waals surface area contributed by atoms with E-state index in [0.717, 1.165) is 12.0 Å². The lowest BCUT2D eigenvalue weighted by molar-refractivity contribution is -0.129. The van der Waals surface area contributed by atoms with Crippen LogP contribution in [0.3, 0.4) is 0 Å². The zero-order valence-electron chi connectivity index (χ0n) is 16.6. The average Bonchev–Trinajstić information content (AvgIpc) is 3.54. The number of benzene rings is 2. The number of likely N-dealkylation sites (tertiary alicyclic amines) is 1. The second-order valence-corrected chi connectivity index (χ2v) is 7.46. The van der Waals surface area contributed by atoms with Crippen molar-refractivity contribution in [3.63, 3.8) is 0 Å². The van der Waals surface area contributed by atoms with Crippen molar-refractivity contribution in [3.8, 4) is 23.0 Å². The van der Waals surface area contributed by atoms with Crippen molar-refractivity contribution in [3.05, 3.63) is 72.2 Å². The van der Waals surface area contributed by atoms with Crippen molar-refractivity contribution in [1.82, 2.24) is 30.0 Å². The number of nitrogens with zero attached hydrogens (tertiary/aromatic N) is 6. The summed E-state index contributed by atoms with van der Waals surface area (Å²) in [6.07, 6.45) is 2.70. The average molecular weight is 418 g/mol. The molecule has 1 amide bonds. The van der Waals surface area contributed by atoms with Crippen molar-refractivity contribution in [2.45, 2.75) is 18.9 Å². The minimum atomic E-state index is -0.337. The number of halogens is 1. The molecule has 1 saturated heterocycles. The molecule has 2 aromatic carbocycles. The van der Waals surface area contributed by atoms with Gasteiger partial charge in [0.25, 0.3) is 5.89 Å². The van der Waals surface area contributed by atoms with Gasteiger partial charge in [-0.25, -0.2) is 9.07 Å². The van der Waals surface area contributed by atoms with E-state index < -0.39 is 0 Å². The summed E-state index contributed by atoms with van der Waals surface area (Å²) in [4.78, 5) is 18.8. The van der Waals surface area contributed by atoms with Gasteiger partial charge in [-0.2, -0.15) is 4.98 Å². The second-order valence-electron chi connectivity index (χ2n) is 7.46. The number of hydrogen-bond acceptors (Lipinski definition) is 6. The molecule has 0 spiro atoms. The summed E-state index contributed by atoms with van der Waals surface area (Å²) in [6, 6.07) is 15.7. The molecule has 156 valence electrons. The largest absolute Gasteiger partial charge is 0.340 e. The van der Waals surface area contributed by atoms with Crippen LogP contribution in [0.1, 0.15) is 18.0 Å². The fraction of sp³-hybridized carbons (Fsp3) is 0.227. The molecule has 1 fully saturated rings. The minimum absolute atomic E-state index is 0.00854. The standard InChI is InChI=1S/C22H19FN6O2/c23-17-8-4-5-15(11-17)12-20(30)28-10-9-18(13-28)29-14-19(25-27-29)22-24-21(26-31-22)16-6-2-1-3-7-16/h1-8,11,14,18H,9-10,12-13H2. The molecule has 4 aromatic rings. The van der Waals surface area contributed by atoms with Gasteiger partial charge in [0.2, 0.25) is 11.7 Å². The molecule has 9 heteroatoms. The van der Waals surface area contributed by atoms with Gasteiger partial charge in [-0.15, -0.1) is 5.10 Å². The van der Waals surface area contributed by atoms with E-state index in [1.165, 1.54) is 12.1 Å². The highest BCUT2D eigenvalue weighted by atomic mass is 19.1. The fourth-order valence-corrected chi connectivity index (χ4v) is 3.70. The maximum absolute atomic E-state index is 13.4. The Bertz CT molecular complexity index is 1210. The Morgan fingerprint density at radius 3 is 2.87 bits per heavy atom. The van der Waals surface area contributed by atoms with Crippen LogP contribution >= 0.6 is 0 Å². The van der Waals surface area contributed by atoms with Crippen LogP contribution in [0.2, 0.25) is 0 Å². The first-order valence-corrected chi connectivity index (χ1v) is 9.99. The molecule has 0 radical (unpaired) electrons. The lowest BCUT2D eigenvalue weighted by Gasteiger charge is -2.16. The summed E-state index contributed by atoms with van der Waals surface area (Å²) in [5.74, 6) is 0.413. The number of rotatable bonds is 5. The highest BCUT2D eigenvalue weighted by Crippen LogP contribution is 2.25. The summed E-state index contributed by atoms with van der Waals surface area (Å²) < 4.78 is 20.4. The van der Waals surface area contributed by atoms with E-state index in [2.05, 4.69) is 20.5 Å². The normalized spacial score (nSPS) is 16.0. The van der Waals surface area contributed by atoms with Crippen LogP contribution in [0.5, 0.6) is 0 Å². The van der Waals surface area contributed by atoms with E-state index in [9.17, 15) is 9.18 Å². The molecule has 1 unspecified atom stereocenters. The zero-order valence-corrected chi connectivity index (χ0v) is 16.6. The van der Waals surface area contributed by atoms with Crippen LogP contribution in [-0.4, -0.2) is 49.0 Å². The Morgan fingerprint density at radius 1 is 1.16 bits per heavy atom. The van der Waals surface area contributed by atoms with Crippen molar-refractivity contribution >= 4 is 5.91 Å². The van der Waals surface area contributed by atoms with Crippen LogP contribution in [0, 0.1) is 5.82 Å². The first kappa shape index (κ1) is 19.1. The molecule has 0 aliphatic carbocycles. The predicted molar refractivity (Wildman–Crippen MR) is 109 cm³/mol. The monoisotopic (exact) mass is 418 g/mol. The highest BCUT2D eigenvalue weighted by Gasteiger charge is 2.29. The number of carbonyl (C=O) groups is 1. The van der Waals surface area contributed by atoms with Crippen LogP contribution in [0.15, 0.2) is 65.3 Å². The van der Waals surface area contributed by atoms with Crippen LogP contribution in [0.4, 0.5) is 4.39 Å². The quantitative estimate of drug-likeness (QED) is 0.495. The zero-order chi connectivity index (χ0) is 21.2. The Labute approximate surface area is 177 Å². The number of amides is 1. The molecule has 0 bridgehead atoms. The molecule has 0 N–H and O–H groups in total. The Morgan fingerprint density at radius 2 is 2.03 bits per heavy atom. The molecular formula is C22H19FN6O2. The first-order chi connectivity index (χ1) is 15.2. The molecular weight excluding hydrogens is 399 g/mol. The van der Waals surface area contributed by atoms with E-state index >= 15 is 0 Å². The third-order valence-electron chi connectivity index (χ3n) is 5.32. The predicted octanol–water partition coefficient (Wildman–Crippen LogP) is 3.15. The number of aromatic nitrogens is 5. The lowest BCUT2D eigenvalue weighted by atomic mass is 10.1. The van der Waals surface area contributed by atoms with Crippen molar-refractivity contribution in [1.29, 1.82) is 0 Å². The molecule has 5 rings (SSSR count). The lowest BCUT2D eigenvalue weighted by Crippen LogP contribution is -2.30. The smallest absolute Gasteiger partial charge is 0.280 e. The molecule has 1 aliphatic heterocycles. The molecule has 31 heavy (non-hydrogen) atoms. The topological polar surface area (TPSA) is 89.9 Å². The van der Waals surface area contributed by atoms with Gasteiger partial charge in [0, 0.05) is 18.7 Å². The summed E-state index contributed by atoms with van der Waals surface area (Å²) >= 11 is 0. The van der Waals surface area contributed by atoms with Crippen molar-refractivity contribution in [2.24, 2.45) is 0 Å². The van der Waals surface area contributed by atoms with E-state index in [1.54, 1.807) is 27.9 Å². The number of hydrogen-bond donors (Lipinski definition) is 0. The summed E-state index contributed by atoms with van der Waals surface area (Å²) in [7, 11) is 0. The fourth-order valence-electron chi connectivity index (χ4n) is 3.70. The molecule has 0 saturated carbocycles. The van der Waals surface area contributed by atoms with Crippen molar-refractivity contribution < 1.29 is 13.7 Å². The maximum atomic E-state index is 13.4. The van der Waals surface area contributed by atoms with Crippen LogP contribution in [0.25, 0.3) is 23.0 Å². The molecule has 8 nitrogen and oxygen atoms in total. The van der Waals surface area contributed by atoms with E-state index in [0.29, 0.717) is 36.1 Å². The van der Waals surface area contributed by atoms with E-state index in [1.807, 2.05) is 30.3 Å². The molecule has 1 atom stereocenters.